The van der Waals surface area contributed by atoms with Gasteiger partial charge in [0.2, 0.25) is 5.91 Å². The summed E-state index contributed by atoms with van der Waals surface area (Å²) in [7, 11) is 1.57. The number of carbonyl (C=O) groups is 3. The number of nitrogens with one attached hydrogen (secondary N) is 1. The second-order valence-electron chi connectivity index (χ2n) is 5.60. The molecule has 0 heterocycles. The first-order valence-corrected chi connectivity index (χ1v) is 9.30. The van der Waals surface area contributed by atoms with Gasteiger partial charge in [0, 0.05) is 24.1 Å². The Bertz CT molecular complexity index is 804. The molecule has 0 radical (unpaired) electrons. The fourth-order valence-electron chi connectivity index (χ4n) is 2.17. The number of carbonyl (C=O) groups excluding carboxylic acids is 3. The van der Waals surface area contributed by atoms with Gasteiger partial charge < -0.3 is 14.8 Å². The SMILES string of the molecule is COCCNC(=O)CSc1ccccc1C(=O)Oc1ccc(C(C)=O)cc1. The summed E-state index contributed by atoms with van der Waals surface area (Å²) in [5, 5.41) is 2.73. The Kier molecular flexibility index (Phi) is 8.03. The van der Waals surface area contributed by atoms with Crippen LogP contribution >= 0.6 is 11.8 Å². The van der Waals surface area contributed by atoms with Crippen molar-refractivity contribution in [2.24, 2.45) is 0 Å². The number of hydrogen-bond donors (Lipinski definition) is 1. The molecule has 7 heteroatoms. The summed E-state index contributed by atoms with van der Waals surface area (Å²) in [5.74, 6) is -0.185. The molecule has 0 aliphatic rings. The normalized spacial score (nSPS) is 10.3. The third-order valence-electron chi connectivity index (χ3n) is 3.57. The second kappa shape index (κ2) is 10.5. The van der Waals surface area contributed by atoms with E-state index in [1.54, 1.807) is 55.6 Å². The predicted octanol–water partition coefficient (Wildman–Crippen LogP) is 2.96. The van der Waals surface area contributed by atoms with Crippen molar-refractivity contribution in [3.05, 3.63) is 59.7 Å². The Labute approximate surface area is 162 Å². The smallest absolute Gasteiger partial charge is 0.344 e. The number of benzene rings is 2. The maximum Gasteiger partial charge on any atom is 0.344 e. The maximum atomic E-state index is 12.5. The van der Waals surface area contributed by atoms with E-state index < -0.39 is 5.97 Å². The predicted molar refractivity (Wildman–Crippen MR) is 103 cm³/mol. The maximum absolute atomic E-state index is 12.5. The first-order chi connectivity index (χ1) is 13.0. The summed E-state index contributed by atoms with van der Waals surface area (Å²) < 4.78 is 10.3. The van der Waals surface area contributed by atoms with Crippen LogP contribution in [0.15, 0.2) is 53.4 Å². The first-order valence-electron chi connectivity index (χ1n) is 8.32. The van der Waals surface area contributed by atoms with Gasteiger partial charge in [-0.1, -0.05) is 12.1 Å². The number of thioether (sulfide) groups is 1. The van der Waals surface area contributed by atoms with E-state index in [4.69, 9.17) is 9.47 Å². The Morgan fingerprint density at radius 1 is 1.04 bits per heavy atom. The lowest BCUT2D eigenvalue weighted by Gasteiger charge is -2.10. The molecule has 2 aromatic carbocycles. The Hall–Kier alpha value is -2.64. The molecule has 0 unspecified atom stereocenters. The highest BCUT2D eigenvalue weighted by atomic mass is 32.2. The monoisotopic (exact) mass is 387 g/mol. The molecule has 2 aromatic rings. The van der Waals surface area contributed by atoms with Gasteiger partial charge in [-0.25, -0.2) is 4.79 Å². The molecule has 0 bridgehead atoms. The quantitative estimate of drug-likeness (QED) is 0.234. The van der Waals surface area contributed by atoms with E-state index in [-0.39, 0.29) is 17.4 Å². The summed E-state index contributed by atoms with van der Waals surface area (Å²) in [4.78, 5) is 36.3. The third kappa shape index (κ3) is 6.54. The van der Waals surface area contributed by atoms with E-state index in [0.29, 0.717) is 34.9 Å². The van der Waals surface area contributed by atoms with Gasteiger partial charge in [0.15, 0.2) is 5.78 Å². The first kappa shape index (κ1) is 20.7. The summed E-state index contributed by atoms with van der Waals surface area (Å²) in [6, 6.07) is 13.3. The van der Waals surface area contributed by atoms with Crippen LogP contribution in [0.4, 0.5) is 0 Å². The zero-order valence-electron chi connectivity index (χ0n) is 15.2. The summed E-state index contributed by atoms with van der Waals surface area (Å²) in [5.41, 5.74) is 0.924. The fourth-order valence-corrected chi connectivity index (χ4v) is 3.04. The van der Waals surface area contributed by atoms with E-state index in [2.05, 4.69) is 5.32 Å². The van der Waals surface area contributed by atoms with E-state index in [1.165, 1.54) is 18.7 Å². The highest BCUT2D eigenvalue weighted by Gasteiger charge is 2.15. The van der Waals surface area contributed by atoms with Crippen molar-refractivity contribution in [2.75, 3.05) is 26.0 Å². The molecule has 27 heavy (non-hydrogen) atoms. The average molecular weight is 387 g/mol. The molecular formula is C20H21NO5S. The lowest BCUT2D eigenvalue weighted by molar-refractivity contribution is -0.118. The number of esters is 1. The van der Waals surface area contributed by atoms with Crippen LogP contribution in [-0.4, -0.2) is 43.7 Å². The van der Waals surface area contributed by atoms with Crippen molar-refractivity contribution in [1.29, 1.82) is 0 Å². The van der Waals surface area contributed by atoms with Crippen LogP contribution in [0.3, 0.4) is 0 Å². The van der Waals surface area contributed by atoms with Crippen LogP contribution in [0, 0.1) is 0 Å². The molecule has 2 rings (SSSR count). The van der Waals surface area contributed by atoms with Gasteiger partial charge in [-0.3, -0.25) is 9.59 Å². The molecule has 0 spiro atoms. The standard InChI is InChI=1S/C20H21NO5S/c1-14(22)15-7-9-16(10-8-15)26-20(24)17-5-3-4-6-18(17)27-13-19(23)21-11-12-25-2/h3-10H,11-13H2,1-2H3,(H,21,23). The number of methoxy groups -OCH3 is 1. The molecule has 6 nitrogen and oxygen atoms in total. The molecule has 0 aromatic heterocycles. The highest BCUT2D eigenvalue weighted by molar-refractivity contribution is 8.00. The number of amides is 1. The zero-order chi connectivity index (χ0) is 19.6. The Balaban J connectivity index is 2.00. The lowest BCUT2D eigenvalue weighted by Crippen LogP contribution is -2.28. The highest BCUT2D eigenvalue weighted by Crippen LogP contribution is 2.24. The zero-order valence-corrected chi connectivity index (χ0v) is 16.0. The molecule has 0 fully saturated rings. The summed E-state index contributed by atoms with van der Waals surface area (Å²) >= 11 is 1.26. The summed E-state index contributed by atoms with van der Waals surface area (Å²) in [6.07, 6.45) is 0. The van der Waals surface area contributed by atoms with E-state index in [9.17, 15) is 14.4 Å². The van der Waals surface area contributed by atoms with Gasteiger partial charge in [-0.2, -0.15) is 0 Å². The van der Waals surface area contributed by atoms with Crippen molar-refractivity contribution in [1.82, 2.24) is 5.32 Å². The van der Waals surface area contributed by atoms with E-state index in [1.807, 2.05) is 0 Å². The third-order valence-corrected chi connectivity index (χ3v) is 4.64. The van der Waals surface area contributed by atoms with Crippen molar-refractivity contribution in [3.8, 4) is 5.75 Å². The van der Waals surface area contributed by atoms with Crippen molar-refractivity contribution in [3.63, 3.8) is 0 Å². The lowest BCUT2D eigenvalue weighted by atomic mass is 10.1. The van der Waals surface area contributed by atoms with Crippen LogP contribution < -0.4 is 10.1 Å². The average Bonchev–Trinajstić information content (AvgIpc) is 2.67. The molecule has 0 aliphatic carbocycles. The number of rotatable bonds is 9. The van der Waals surface area contributed by atoms with Gasteiger partial charge >= 0.3 is 5.97 Å². The molecule has 142 valence electrons. The Morgan fingerprint density at radius 2 is 1.74 bits per heavy atom. The minimum atomic E-state index is -0.520. The molecular weight excluding hydrogens is 366 g/mol. The molecule has 0 atom stereocenters. The van der Waals surface area contributed by atoms with E-state index in [0.717, 1.165) is 0 Å². The van der Waals surface area contributed by atoms with Crippen LogP contribution in [-0.2, 0) is 9.53 Å². The van der Waals surface area contributed by atoms with Crippen LogP contribution in [0.5, 0.6) is 5.75 Å². The van der Waals surface area contributed by atoms with Crippen molar-refractivity contribution < 1.29 is 23.9 Å². The Morgan fingerprint density at radius 3 is 2.41 bits per heavy atom. The van der Waals surface area contributed by atoms with Crippen molar-refractivity contribution >= 4 is 29.4 Å². The molecule has 1 amide bonds. The van der Waals surface area contributed by atoms with Gasteiger partial charge in [0.25, 0.3) is 0 Å². The molecule has 0 aliphatic heterocycles. The van der Waals surface area contributed by atoms with Gasteiger partial charge in [-0.15, -0.1) is 11.8 Å². The van der Waals surface area contributed by atoms with E-state index >= 15 is 0 Å². The van der Waals surface area contributed by atoms with Crippen LogP contribution in [0.25, 0.3) is 0 Å². The van der Waals surface area contributed by atoms with Gasteiger partial charge in [0.05, 0.1) is 17.9 Å². The second-order valence-corrected chi connectivity index (χ2v) is 6.61. The summed E-state index contributed by atoms with van der Waals surface area (Å²) in [6.45, 7) is 2.36. The fraction of sp³-hybridized carbons (Fsp3) is 0.250. The minimum Gasteiger partial charge on any atom is -0.423 e. The van der Waals surface area contributed by atoms with Crippen molar-refractivity contribution in [2.45, 2.75) is 11.8 Å². The van der Waals surface area contributed by atoms with Gasteiger partial charge in [0.1, 0.15) is 5.75 Å². The van der Waals surface area contributed by atoms with Gasteiger partial charge in [-0.05, 0) is 43.3 Å². The van der Waals surface area contributed by atoms with Crippen LogP contribution in [0.2, 0.25) is 0 Å². The minimum absolute atomic E-state index is 0.0570. The number of ketones is 1. The topological polar surface area (TPSA) is 81.7 Å². The number of ether oxygens (including phenoxy) is 2. The molecule has 0 saturated carbocycles. The molecule has 0 saturated heterocycles. The van der Waals surface area contributed by atoms with Crippen LogP contribution in [0.1, 0.15) is 27.6 Å². The molecule has 1 N–H and O–H groups in total. The number of Topliss-reactive ketones (excluding diaryl/α,β-unsaturated/α-hetero) is 1. The largest absolute Gasteiger partial charge is 0.423 e. The number of hydrogen-bond acceptors (Lipinski definition) is 6.